The summed E-state index contributed by atoms with van der Waals surface area (Å²) in [5.74, 6) is 1.43. The van der Waals surface area contributed by atoms with Crippen molar-refractivity contribution in [3.05, 3.63) is 41.0 Å². The first kappa shape index (κ1) is 19.1. The van der Waals surface area contributed by atoms with Crippen LogP contribution in [-0.2, 0) is 22.4 Å². The van der Waals surface area contributed by atoms with Gasteiger partial charge < -0.3 is 14.2 Å². The van der Waals surface area contributed by atoms with E-state index in [2.05, 4.69) is 40.2 Å². The summed E-state index contributed by atoms with van der Waals surface area (Å²) in [6.07, 6.45) is 4.66. The van der Waals surface area contributed by atoms with Gasteiger partial charge in [0, 0.05) is 25.8 Å². The molecule has 1 aromatic heterocycles. The van der Waals surface area contributed by atoms with E-state index in [9.17, 15) is 4.79 Å². The summed E-state index contributed by atoms with van der Waals surface area (Å²) in [4.78, 5) is 21.8. The molecule has 1 saturated heterocycles. The number of benzene rings is 1. The summed E-state index contributed by atoms with van der Waals surface area (Å²) in [6.45, 7) is 4.71. The minimum atomic E-state index is 0.0232. The fourth-order valence-corrected chi connectivity index (χ4v) is 4.24. The number of carbonyl (C=O) groups excluding carboxylic acids is 1. The Morgan fingerprint density at radius 1 is 1.32 bits per heavy atom. The normalized spacial score (nSPS) is 19.8. The van der Waals surface area contributed by atoms with Crippen LogP contribution in [0.2, 0.25) is 0 Å². The van der Waals surface area contributed by atoms with Gasteiger partial charge in [0.2, 0.25) is 11.8 Å². The topological polar surface area (TPSA) is 71.7 Å². The highest BCUT2D eigenvalue weighted by atomic mass is 16.5. The summed E-state index contributed by atoms with van der Waals surface area (Å²) in [7, 11) is 1.66. The quantitative estimate of drug-likeness (QED) is 0.763. The van der Waals surface area contributed by atoms with Crippen molar-refractivity contribution in [2.75, 3.05) is 38.3 Å². The molecule has 3 heterocycles. The Labute approximate surface area is 165 Å². The van der Waals surface area contributed by atoms with Crippen LogP contribution < -0.4 is 4.90 Å². The van der Waals surface area contributed by atoms with Crippen LogP contribution in [0, 0.1) is 6.92 Å². The molecule has 28 heavy (non-hydrogen) atoms. The third-order valence-electron chi connectivity index (χ3n) is 5.66. The average molecular weight is 384 g/mol. The van der Waals surface area contributed by atoms with Gasteiger partial charge >= 0.3 is 0 Å². The van der Waals surface area contributed by atoms with E-state index in [0.29, 0.717) is 31.3 Å². The van der Waals surface area contributed by atoms with Gasteiger partial charge in [0.25, 0.3) is 0 Å². The average Bonchev–Trinajstić information content (AvgIpc) is 3.34. The van der Waals surface area contributed by atoms with Gasteiger partial charge in [-0.3, -0.25) is 9.69 Å². The predicted octanol–water partition coefficient (Wildman–Crippen LogP) is 2.68. The molecule has 0 radical (unpaired) electrons. The van der Waals surface area contributed by atoms with Crippen LogP contribution in [-0.4, -0.2) is 54.3 Å². The highest BCUT2D eigenvalue weighted by molar-refractivity contribution is 5.96. The number of nitrogens with zero attached hydrogens (tertiary/aromatic N) is 4. The number of hydrogen-bond donors (Lipinski definition) is 0. The molecule has 2 aliphatic rings. The lowest BCUT2D eigenvalue weighted by Gasteiger charge is -2.32. The molecule has 2 aromatic rings. The van der Waals surface area contributed by atoms with E-state index in [1.165, 1.54) is 11.1 Å². The molecular formula is C21H28N4O3. The van der Waals surface area contributed by atoms with Crippen LogP contribution in [0.25, 0.3) is 0 Å². The van der Waals surface area contributed by atoms with Gasteiger partial charge in [-0.15, -0.1) is 0 Å². The van der Waals surface area contributed by atoms with E-state index in [4.69, 9.17) is 9.26 Å². The third-order valence-corrected chi connectivity index (χ3v) is 5.66. The Morgan fingerprint density at radius 2 is 2.21 bits per heavy atom. The van der Waals surface area contributed by atoms with Gasteiger partial charge in [-0.1, -0.05) is 22.9 Å². The second-order valence-electron chi connectivity index (χ2n) is 7.70. The van der Waals surface area contributed by atoms with E-state index in [1.54, 1.807) is 7.11 Å². The maximum absolute atomic E-state index is 13.1. The number of likely N-dealkylation sites (tertiary alicyclic amines) is 1. The fraction of sp³-hybridized carbons (Fsp3) is 0.571. The van der Waals surface area contributed by atoms with Gasteiger partial charge in [-0.2, -0.15) is 4.98 Å². The summed E-state index contributed by atoms with van der Waals surface area (Å²) in [5.41, 5.74) is 3.59. The number of hydrogen-bond acceptors (Lipinski definition) is 6. The van der Waals surface area contributed by atoms with Crippen molar-refractivity contribution in [2.45, 2.75) is 45.1 Å². The molecule has 1 fully saturated rings. The molecule has 0 saturated carbocycles. The highest BCUT2D eigenvalue weighted by Crippen LogP contribution is 2.32. The van der Waals surface area contributed by atoms with Gasteiger partial charge in [0.05, 0.1) is 19.2 Å². The number of fused-ring (bicyclic) bond motifs is 1. The smallest absolute Gasteiger partial charge is 0.244 e. The first-order chi connectivity index (χ1) is 13.7. The molecular weight excluding hydrogens is 356 g/mol. The molecule has 0 spiro atoms. The Balaban J connectivity index is 1.45. The molecule has 0 aliphatic carbocycles. The Kier molecular flexibility index (Phi) is 5.73. The SMILES string of the molecule is COCCc1noc(C2CCCN2CC(=O)N2CCCc3cc(C)ccc32)n1. The van der Waals surface area contributed by atoms with Crippen molar-refractivity contribution >= 4 is 11.6 Å². The zero-order valence-corrected chi connectivity index (χ0v) is 16.7. The predicted molar refractivity (Wildman–Crippen MR) is 105 cm³/mol. The number of aryl methyl sites for hydroxylation is 2. The number of methoxy groups -OCH3 is 1. The minimum Gasteiger partial charge on any atom is -0.384 e. The first-order valence-corrected chi connectivity index (χ1v) is 10.1. The maximum Gasteiger partial charge on any atom is 0.244 e. The lowest BCUT2D eigenvalue weighted by atomic mass is 9.99. The second kappa shape index (κ2) is 8.41. The fourth-order valence-electron chi connectivity index (χ4n) is 4.24. The van der Waals surface area contributed by atoms with E-state index in [0.717, 1.165) is 44.5 Å². The van der Waals surface area contributed by atoms with Crippen LogP contribution in [0.15, 0.2) is 22.7 Å². The third kappa shape index (κ3) is 3.95. The van der Waals surface area contributed by atoms with Gasteiger partial charge in [0.15, 0.2) is 5.82 Å². The number of rotatable bonds is 6. The molecule has 1 amide bonds. The standard InChI is InChI=1S/C21H28N4O3/c1-15-7-8-17-16(13-15)5-3-11-25(17)20(26)14-24-10-4-6-18(24)21-22-19(23-28-21)9-12-27-2/h7-8,13,18H,3-6,9-12,14H2,1-2H3. The van der Waals surface area contributed by atoms with Crippen LogP contribution in [0.4, 0.5) is 5.69 Å². The zero-order chi connectivity index (χ0) is 19.5. The van der Waals surface area contributed by atoms with Gasteiger partial charge in [0.1, 0.15) is 0 Å². The molecule has 150 valence electrons. The Hall–Kier alpha value is -2.25. The lowest BCUT2D eigenvalue weighted by Crippen LogP contribution is -2.42. The van der Waals surface area contributed by atoms with Crippen LogP contribution in [0.5, 0.6) is 0 Å². The van der Waals surface area contributed by atoms with Crippen LogP contribution >= 0.6 is 0 Å². The Bertz CT molecular complexity index is 835. The van der Waals surface area contributed by atoms with Crippen molar-refractivity contribution in [3.63, 3.8) is 0 Å². The van der Waals surface area contributed by atoms with E-state index in [-0.39, 0.29) is 11.9 Å². The van der Waals surface area contributed by atoms with Gasteiger partial charge in [-0.05, 0) is 50.8 Å². The number of amides is 1. The number of aromatic nitrogens is 2. The van der Waals surface area contributed by atoms with E-state index >= 15 is 0 Å². The first-order valence-electron chi connectivity index (χ1n) is 10.1. The molecule has 0 N–H and O–H groups in total. The van der Waals surface area contributed by atoms with Crippen LogP contribution in [0.3, 0.4) is 0 Å². The molecule has 4 rings (SSSR count). The Morgan fingerprint density at radius 3 is 3.07 bits per heavy atom. The maximum atomic E-state index is 13.1. The molecule has 7 heteroatoms. The zero-order valence-electron chi connectivity index (χ0n) is 16.7. The van der Waals surface area contributed by atoms with Crippen molar-refractivity contribution in [1.29, 1.82) is 0 Å². The minimum absolute atomic E-state index is 0.0232. The summed E-state index contributed by atoms with van der Waals surface area (Å²) >= 11 is 0. The molecule has 1 unspecified atom stereocenters. The lowest BCUT2D eigenvalue weighted by molar-refractivity contribution is -0.120. The van der Waals surface area contributed by atoms with Crippen molar-refractivity contribution in [3.8, 4) is 0 Å². The monoisotopic (exact) mass is 384 g/mol. The second-order valence-corrected chi connectivity index (χ2v) is 7.70. The van der Waals surface area contributed by atoms with Crippen molar-refractivity contribution in [1.82, 2.24) is 15.0 Å². The number of anilines is 1. The van der Waals surface area contributed by atoms with Crippen molar-refractivity contribution in [2.24, 2.45) is 0 Å². The molecule has 1 atom stereocenters. The van der Waals surface area contributed by atoms with Gasteiger partial charge in [-0.25, -0.2) is 0 Å². The molecule has 2 aliphatic heterocycles. The summed E-state index contributed by atoms with van der Waals surface area (Å²) < 4.78 is 10.6. The van der Waals surface area contributed by atoms with Crippen LogP contribution in [0.1, 0.15) is 48.1 Å². The molecule has 1 aromatic carbocycles. The highest BCUT2D eigenvalue weighted by Gasteiger charge is 2.33. The summed E-state index contributed by atoms with van der Waals surface area (Å²) in [5, 5.41) is 4.05. The largest absolute Gasteiger partial charge is 0.384 e. The molecule has 7 nitrogen and oxygen atoms in total. The van der Waals surface area contributed by atoms with Crippen molar-refractivity contribution < 1.29 is 14.1 Å². The summed E-state index contributed by atoms with van der Waals surface area (Å²) in [6, 6.07) is 6.40. The van der Waals surface area contributed by atoms with E-state index in [1.807, 2.05) is 4.90 Å². The van der Waals surface area contributed by atoms with E-state index < -0.39 is 0 Å². The molecule has 0 bridgehead atoms. The number of carbonyl (C=O) groups is 1. The number of ether oxygens (including phenoxy) is 1.